The van der Waals surface area contributed by atoms with Gasteiger partial charge in [0.2, 0.25) is 0 Å². The Morgan fingerprint density at radius 1 is 1.53 bits per heavy atom. The molecule has 1 aromatic rings. The van der Waals surface area contributed by atoms with Crippen molar-refractivity contribution in [2.75, 3.05) is 0 Å². The summed E-state index contributed by atoms with van der Waals surface area (Å²) in [5, 5.41) is 6.14. The molecule has 15 heavy (non-hydrogen) atoms. The minimum absolute atomic E-state index is 0.258. The van der Waals surface area contributed by atoms with Gasteiger partial charge in [-0.3, -0.25) is 9.79 Å². The quantitative estimate of drug-likeness (QED) is 0.258. The molecule has 6 heteroatoms. The lowest BCUT2D eigenvalue weighted by Crippen LogP contribution is -2.34. The summed E-state index contributed by atoms with van der Waals surface area (Å²) in [7, 11) is 0. The maximum Gasteiger partial charge on any atom is 0.264 e. The number of amidine groups is 1. The van der Waals surface area contributed by atoms with Crippen molar-refractivity contribution < 1.29 is 0 Å². The molecule has 0 spiro atoms. The van der Waals surface area contributed by atoms with Crippen molar-refractivity contribution >= 4 is 5.84 Å². The Hall–Kier alpha value is -1.69. The summed E-state index contributed by atoms with van der Waals surface area (Å²) >= 11 is 0. The van der Waals surface area contributed by atoms with Gasteiger partial charge in [-0.25, -0.2) is 10.9 Å². The molecule has 0 unspecified atom stereocenters. The van der Waals surface area contributed by atoms with E-state index in [9.17, 15) is 4.79 Å². The number of nitrogens with two attached hydrogens (primary N) is 1. The van der Waals surface area contributed by atoms with Crippen LogP contribution in [0.5, 0.6) is 0 Å². The SMILES string of the molecule is CC(C)(C)N=C(NN)c1ccc(=O)[nH]n1. The highest BCUT2D eigenvalue weighted by Gasteiger charge is 2.11. The predicted molar refractivity (Wildman–Crippen MR) is 58.5 cm³/mol. The van der Waals surface area contributed by atoms with E-state index in [2.05, 4.69) is 20.6 Å². The van der Waals surface area contributed by atoms with E-state index in [0.717, 1.165) is 0 Å². The van der Waals surface area contributed by atoms with Gasteiger partial charge in [-0.15, -0.1) is 0 Å². The predicted octanol–water partition coefficient (Wildman–Crippen LogP) is -0.222. The van der Waals surface area contributed by atoms with E-state index in [4.69, 9.17) is 5.84 Å². The summed E-state index contributed by atoms with van der Waals surface area (Å²) in [6.07, 6.45) is 0. The van der Waals surface area contributed by atoms with Crippen molar-refractivity contribution in [1.82, 2.24) is 15.6 Å². The Labute approximate surface area is 87.6 Å². The molecule has 0 atom stereocenters. The molecule has 0 saturated heterocycles. The molecule has 0 saturated carbocycles. The molecule has 0 aliphatic carbocycles. The van der Waals surface area contributed by atoms with Gasteiger partial charge in [-0.1, -0.05) is 0 Å². The molecule has 4 N–H and O–H groups in total. The topological polar surface area (TPSA) is 96.2 Å². The van der Waals surface area contributed by atoms with Gasteiger partial charge in [0.25, 0.3) is 5.56 Å². The van der Waals surface area contributed by atoms with Crippen LogP contribution in [-0.2, 0) is 0 Å². The Kier molecular flexibility index (Phi) is 3.21. The Morgan fingerprint density at radius 2 is 2.20 bits per heavy atom. The first-order valence-corrected chi connectivity index (χ1v) is 4.55. The Bertz CT molecular complexity index is 395. The van der Waals surface area contributed by atoms with Gasteiger partial charge in [0.15, 0.2) is 5.84 Å². The average Bonchev–Trinajstić information content (AvgIpc) is 2.14. The second-order valence-corrected chi connectivity index (χ2v) is 4.08. The number of hydrogen-bond donors (Lipinski definition) is 3. The van der Waals surface area contributed by atoms with Crippen molar-refractivity contribution in [3.8, 4) is 0 Å². The summed E-state index contributed by atoms with van der Waals surface area (Å²) in [5.41, 5.74) is 2.44. The first kappa shape index (κ1) is 11.4. The Balaban J connectivity index is 3.08. The van der Waals surface area contributed by atoms with E-state index in [1.54, 1.807) is 6.07 Å². The molecule has 0 aliphatic heterocycles. The molecule has 0 aromatic carbocycles. The van der Waals surface area contributed by atoms with Crippen molar-refractivity contribution in [1.29, 1.82) is 0 Å². The van der Waals surface area contributed by atoms with E-state index in [1.807, 2.05) is 20.8 Å². The molecule has 1 rings (SSSR count). The van der Waals surface area contributed by atoms with Crippen LogP contribution in [0.25, 0.3) is 0 Å². The number of aromatic amines is 1. The number of nitrogens with one attached hydrogen (secondary N) is 2. The molecule has 0 bridgehead atoms. The fourth-order valence-corrected chi connectivity index (χ4v) is 0.975. The van der Waals surface area contributed by atoms with Crippen LogP contribution >= 0.6 is 0 Å². The molecule has 82 valence electrons. The number of H-pyrrole nitrogens is 1. The van der Waals surface area contributed by atoms with Crippen LogP contribution in [0.4, 0.5) is 0 Å². The lowest BCUT2D eigenvalue weighted by molar-refractivity contribution is 0.579. The minimum Gasteiger partial charge on any atom is -0.307 e. The van der Waals surface area contributed by atoms with Gasteiger partial charge < -0.3 is 5.43 Å². The average molecular weight is 209 g/mol. The van der Waals surface area contributed by atoms with Gasteiger partial charge in [-0.05, 0) is 26.8 Å². The van der Waals surface area contributed by atoms with Gasteiger partial charge in [0.05, 0.1) is 5.54 Å². The second kappa shape index (κ2) is 4.22. The zero-order valence-corrected chi connectivity index (χ0v) is 9.03. The summed E-state index contributed by atoms with van der Waals surface area (Å²) in [6.45, 7) is 5.82. The van der Waals surface area contributed by atoms with E-state index in [-0.39, 0.29) is 11.1 Å². The summed E-state index contributed by atoms with van der Waals surface area (Å²) in [5.74, 6) is 5.78. The number of hydrogen-bond acceptors (Lipinski definition) is 4. The molecule has 1 aromatic heterocycles. The normalized spacial score (nSPS) is 12.7. The standard InChI is InChI=1S/C9H15N5O/c1-9(2,3)11-8(12-10)6-4-5-7(15)14-13-6/h4-5H,10H2,1-3H3,(H,11,12)(H,14,15). The second-order valence-electron chi connectivity index (χ2n) is 4.08. The lowest BCUT2D eigenvalue weighted by atomic mass is 10.1. The maximum atomic E-state index is 10.8. The van der Waals surface area contributed by atoms with Crippen molar-refractivity contribution in [2.45, 2.75) is 26.3 Å². The highest BCUT2D eigenvalue weighted by molar-refractivity contribution is 5.96. The minimum atomic E-state index is -0.264. The third kappa shape index (κ3) is 3.51. The molecular formula is C9H15N5O. The van der Waals surface area contributed by atoms with Crippen molar-refractivity contribution in [3.05, 3.63) is 28.2 Å². The van der Waals surface area contributed by atoms with Crippen LogP contribution in [0.3, 0.4) is 0 Å². The fraction of sp³-hybridized carbons (Fsp3) is 0.444. The van der Waals surface area contributed by atoms with Crippen LogP contribution in [0, 0.1) is 0 Å². The first-order chi connectivity index (χ1) is 6.92. The van der Waals surface area contributed by atoms with Crippen LogP contribution in [0.2, 0.25) is 0 Å². The highest BCUT2D eigenvalue weighted by atomic mass is 16.1. The third-order valence-corrected chi connectivity index (χ3v) is 1.51. The maximum absolute atomic E-state index is 10.8. The molecule has 0 fully saturated rings. The Morgan fingerprint density at radius 3 is 2.60 bits per heavy atom. The van der Waals surface area contributed by atoms with Gasteiger partial charge in [-0.2, -0.15) is 5.10 Å². The van der Waals surface area contributed by atoms with Crippen molar-refractivity contribution in [2.24, 2.45) is 10.8 Å². The number of nitrogens with zero attached hydrogens (tertiary/aromatic N) is 2. The number of aliphatic imine (C=N–C) groups is 1. The number of rotatable bonds is 1. The van der Waals surface area contributed by atoms with Gasteiger partial charge in [0, 0.05) is 6.07 Å². The van der Waals surface area contributed by atoms with E-state index >= 15 is 0 Å². The van der Waals surface area contributed by atoms with E-state index < -0.39 is 0 Å². The molecular weight excluding hydrogens is 194 g/mol. The number of hydrazine groups is 1. The van der Waals surface area contributed by atoms with Crippen LogP contribution in [0.1, 0.15) is 26.5 Å². The van der Waals surface area contributed by atoms with Crippen LogP contribution in [0.15, 0.2) is 21.9 Å². The fourth-order valence-electron chi connectivity index (χ4n) is 0.975. The summed E-state index contributed by atoms with van der Waals surface area (Å²) < 4.78 is 0. The zero-order chi connectivity index (χ0) is 11.5. The van der Waals surface area contributed by atoms with E-state index in [1.165, 1.54) is 6.07 Å². The number of aromatic nitrogens is 2. The van der Waals surface area contributed by atoms with Crippen LogP contribution < -0.4 is 16.8 Å². The summed E-state index contributed by atoms with van der Waals surface area (Å²) in [6, 6.07) is 2.93. The molecule has 0 aliphatic rings. The van der Waals surface area contributed by atoms with E-state index in [0.29, 0.717) is 11.5 Å². The third-order valence-electron chi connectivity index (χ3n) is 1.51. The lowest BCUT2D eigenvalue weighted by Gasteiger charge is -2.14. The van der Waals surface area contributed by atoms with Crippen LogP contribution in [-0.4, -0.2) is 21.6 Å². The molecule has 0 amide bonds. The monoisotopic (exact) mass is 209 g/mol. The zero-order valence-electron chi connectivity index (χ0n) is 9.03. The van der Waals surface area contributed by atoms with Gasteiger partial charge >= 0.3 is 0 Å². The smallest absolute Gasteiger partial charge is 0.264 e. The first-order valence-electron chi connectivity index (χ1n) is 4.55. The highest BCUT2D eigenvalue weighted by Crippen LogP contribution is 2.07. The van der Waals surface area contributed by atoms with Gasteiger partial charge in [0.1, 0.15) is 5.69 Å². The molecule has 0 radical (unpaired) electrons. The van der Waals surface area contributed by atoms with Crippen molar-refractivity contribution in [3.63, 3.8) is 0 Å². The molecule has 6 nitrogen and oxygen atoms in total. The largest absolute Gasteiger partial charge is 0.307 e. The molecule has 1 heterocycles. The summed E-state index contributed by atoms with van der Waals surface area (Å²) in [4.78, 5) is 15.1.